The molecule has 4 rings (SSSR count). The summed E-state index contributed by atoms with van der Waals surface area (Å²) in [6.45, 7) is 4.66. The predicted molar refractivity (Wildman–Crippen MR) is 117 cm³/mol. The zero-order chi connectivity index (χ0) is 20.9. The number of carbonyl (C=O) groups is 1. The number of hydrogen-bond donors (Lipinski definition) is 0. The fourth-order valence-corrected chi connectivity index (χ4v) is 4.66. The molecule has 1 atom stereocenters. The third kappa shape index (κ3) is 4.79. The van der Waals surface area contributed by atoms with Crippen LogP contribution in [0.3, 0.4) is 0 Å². The van der Waals surface area contributed by atoms with E-state index in [1.807, 2.05) is 41.8 Å². The van der Waals surface area contributed by atoms with Gasteiger partial charge in [-0.1, -0.05) is 48.5 Å². The van der Waals surface area contributed by atoms with Gasteiger partial charge in [0.1, 0.15) is 5.82 Å². The third-order valence-electron chi connectivity index (χ3n) is 5.31. The van der Waals surface area contributed by atoms with E-state index in [0.29, 0.717) is 17.3 Å². The smallest absolute Gasteiger partial charge is 0.196 e. The maximum Gasteiger partial charge on any atom is 0.196 e. The number of likely N-dealkylation sites (tertiary alicyclic amines) is 1. The van der Waals surface area contributed by atoms with E-state index >= 15 is 0 Å². The number of rotatable bonds is 7. The highest BCUT2D eigenvalue weighted by molar-refractivity contribution is 8.00. The molecule has 7 heteroatoms. The zero-order valence-corrected chi connectivity index (χ0v) is 17.8. The highest BCUT2D eigenvalue weighted by Crippen LogP contribution is 2.28. The molecule has 156 valence electrons. The third-order valence-corrected chi connectivity index (χ3v) is 6.35. The van der Waals surface area contributed by atoms with Crippen LogP contribution in [0.5, 0.6) is 0 Å². The Hall–Kier alpha value is -2.51. The molecule has 3 aromatic rings. The second-order valence-electron chi connectivity index (χ2n) is 7.54. The maximum atomic E-state index is 13.5. The van der Waals surface area contributed by atoms with E-state index in [1.54, 1.807) is 12.1 Å². The number of ketones is 1. The van der Waals surface area contributed by atoms with Crippen LogP contribution >= 0.6 is 11.8 Å². The van der Waals surface area contributed by atoms with Crippen molar-refractivity contribution in [2.24, 2.45) is 0 Å². The van der Waals surface area contributed by atoms with Gasteiger partial charge in [0.05, 0.1) is 11.8 Å². The standard InChI is InChI=1S/C23H25FN4OS/c1-17(22(29)18-8-4-2-5-9-18)30-23-26-25-21(16-27-14-6-3-7-15-27)28(23)20-12-10-19(24)11-13-20/h2,4-5,8-13,17H,3,6-7,14-16H2,1H3/t17-/m1/s1. The Kier molecular flexibility index (Phi) is 6.59. The number of thioether (sulfide) groups is 1. The highest BCUT2D eigenvalue weighted by atomic mass is 32.2. The summed E-state index contributed by atoms with van der Waals surface area (Å²) in [6.07, 6.45) is 3.64. The second-order valence-corrected chi connectivity index (χ2v) is 8.85. The van der Waals surface area contributed by atoms with Gasteiger partial charge in [-0.3, -0.25) is 14.3 Å². The van der Waals surface area contributed by atoms with Gasteiger partial charge < -0.3 is 0 Å². The molecule has 0 aliphatic carbocycles. The molecule has 30 heavy (non-hydrogen) atoms. The van der Waals surface area contributed by atoms with Gasteiger partial charge in [-0.25, -0.2) is 4.39 Å². The summed E-state index contributed by atoms with van der Waals surface area (Å²) in [6, 6.07) is 15.6. The summed E-state index contributed by atoms with van der Waals surface area (Å²) in [7, 11) is 0. The van der Waals surface area contributed by atoms with Crippen molar-refractivity contribution in [3.05, 3.63) is 71.8 Å². The van der Waals surface area contributed by atoms with Gasteiger partial charge >= 0.3 is 0 Å². The largest absolute Gasteiger partial charge is 0.296 e. The Labute approximate surface area is 180 Å². The van der Waals surface area contributed by atoms with Gasteiger partial charge in [0.15, 0.2) is 16.8 Å². The molecule has 0 spiro atoms. The minimum absolute atomic E-state index is 0.0480. The SMILES string of the molecule is C[C@@H](Sc1nnc(CN2CCCCC2)n1-c1ccc(F)cc1)C(=O)c1ccccc1. The van der Waals surface area contributed by atoms with Gasteiger partial charge in [-0.2, -0.15) is 0 Å². The first kappa shape index (κ1) is 20.8. The van der Waals surface area contributed by atoms with Gasteiger partial charge in [-0.05, 0) is 57.1 Å². The first-order valence-corrected chi connectivity index (χ1v) is 11.2. The van der Waals surface area contributed by atoms with Crippen molar-refractivity contribution in [2.45, 2.75) is 43.1 Å². The average Bonchev–Trinajstić information content (AvgIpc) is 3.17. The molecule has 1 aliphatic heterocycles. The Morgan fingerprint density at radius 3 is 2.43 bits per heavy atom. The molecule has 0 unspecified atom stereocenters. The van der Waals surface area contributed by atoms with Crippen molar-refractivity contribution in [3.63, 3.8) is 0 Å². The van der Waals surface area contributed by atoms with Crippen molar-refractivity contribution in [1.29, 1.82) is 0 Å². The molecule has 1 aliphatic rings. The van der Waals surface area contributed by atoms with E-state index in [0.717, 1.165) is 24.6 Å². The molecule has 0 saturated carbocycles. The monoisotopic (exact) mass is 424 g/mol. The minimum atomic E-state index is -0.321. The van der Waals surface area contributed by atoms with Crippen molar-refractivity contribution < 1.29 is 9.18 Å². The van der Waals surface area contributed by atoms with Gasteiger partial charge in [0.2, 0.25) is 0 Å². The van der Waals surface area contributed by atoms with Crippen LogP contribution in [0.4, 0.5) is 4.39 Å². The van der Waals surface area contributed by atoms with Crippen molar-refractivity contribution in [1.82, 2.24) is 19.7 Å². The zero-order valence-electron chi connectivity index (χ0n) is 17.0. The number of piperidine rings is 1. The van der Waals surface area contributed by atoms with Crippen LogP contribution in [0.15, 0.2) is 59.8 Å². The maximum absolute atomic E-state index is 13.5. The van der Waals surface area contributed by atoms with Crippen LogP contribution in [0.2, 0.25) is 0 Å². The van der Waals surface area contributed by atoms with E-state index in [-0.39, 0.29) is 16.9 Å². The highest BCUT2D eigenvalue weighted by Gasteiger charge is 2.23. The molecule has 2 aromatic carbocycles. The van der Waals surface area contributed by atoms with Gasteiger partial charge in [-0.15, -0.1) is 10.2 Å². The molecule has 1 aromatic heterocycles. The molecule has 0 amide bonds. The molecule has 0 bridgehead atoms. The Morgan fingerprint density at radius 2 is 1.73 bits per heavy atom. The topological polar surface area (TPSA) is 51.0 Å². The van der Waals surface area contributed by atoms with E-state index in [1.165, 1.54) is 43.2 Å². The lowest BCUT2D eigenvalue weighted by atomic mass is 10.1. The van der Waals surface area contributed by atoms with E-state index in [2.05, 4.69) is 15.1 Å². The number of carbonyl (C=O) groups excluding carboxylic acids is 1. The molecule has 0 radical (unpaired) electrons. The van der Waals surface area contributed by atoms with Crippen LogP contribution in [-0.4, -0.2) is 43.8 Å². The van der Waals surface area contributed by atoms with Crippen LogP contribution < -0.4 is 0 Å². The lowest BCUT2D eigenvalue weighted by Crippen LogP contribution is -2.30. The van der Waals surface area contributed by atoms with Crippen molar-refractivity contribution in [3.8, 4) is 5.69 Å². The summed E-state index contributed by atoms with van der Waals surface area (Å²) in [5.74, 6) is 0.573. The molecule has 2 heterocycles. The molecule has 1 fully saturated rings. The quantitative estimate of drug-likeness (QED) is 0.404. The van der Waals surface area contributed by atoms with E-state index < -0.39 is 0 Å². The van der Waals surface area contributed by atoms with Crippen LogP contribution in [0, 0.1) is 5.82 Å². The molecule has 5 nitrogen and oxygen atoms in total. The first-order chi connectivity index (χ1) is 14.6. The van der Waals surface area contributed by atoms with Crippen LogP contribution in [-0.2, 0) is 6.54 Å². The minimum Gasteiger partial charge on any atom is -0.296 e. The van der Waals surface area contributed by atoms with Crippen LogP contribution in [0.1, 0.15) is 42.4 Å². The number of nitrogens with zero attached hydrogens (tertiary/aromatic N) is 4. The predicted octanol–water partition coefficient (Wildman–Crippen LogP) is 4.76. The van der Waals surface area contributed by atoms with Gasteiger partial charge in [0.25, 0.3) is 0 Å². The fourth-order valence-electron chi connectivity index (χ4n) is 3.69. The summed E-state index contributed by atoms with van der Waals surface area (Å²) in [5.41, 5.74) is 1.48. The number of Topliss-reactive ketones (excluding diaryl/α,β-unsaturated/α-hetero) is 1. The molecule has 1 saturated heterocycles. The lowest BCUT2D eigenvalue weighted by Gasteiger charge is -2.26. The van der Waals surface area contributed by atoms with Gasteiger partial charge in [0, 0.05) is 11.3 Å². The second kappa shape index (κ2) is 9.53. The average molecular weight is 425 g/mol. The Balaban J connectivity index is 1.61. The first-order valence-electron chi connectivity index (χ1n) is 10.3. The number of benzene rings is 2. The molecule has 0 N–H and O–H groups in total. The lowest BCUT2D eigenvalue weighted by molar-refractivity contribution is 0.0994. The summed E-state index contributed by atoms with van der Waals surface area (Å²) < 4.78 is 15.5. The Morgan fingerprint density at radius 1 is 1.03 bits per heavy atom. The van der Waals surface area contributed by atoms with E-state index in [4.69, 9.17) is 0 Å². The molecular formula is C23H25FN4OS. The van der Waals surface area contributed by atoms with Crippen LogP contribution in [0.25, 0.3) is 5.69 Å². The summed E-state index contributed by atoms with van der Waals surface area (Å²) in [5, 5.41) is 9.16. The fraction of sp³-hybridized carbons (Fsp3) is 0.348. The Bertz CT molecular complexity index is 984. The van der Waals surface area contributed by atoms with Crippen molar-refractivity contribution in [2.75, 3.05) is 13.1 Å². The van der Waals surface area contributed by atoms with E-state index in [9.17, 15) is 9.18 Å². The normalized spacial score (nSPS) is 15.8. The number of aromatic nitrogens is 3. The number of halogens is 1. The van der Waals surface area contributed by atoms with Crippen molar-refractivity contribution >= 4 is 17.5 Å². The summed E-state index contributed by atoms with van der Waals surface area (Å²) >= 11 is 1.38. The number of hydrogen-bond acceptors (Lipinski definition) is 5. The molecular weight excluding hydrogens is 399 g/mol. The summed E-state index contributed by atoms with van der Waals surface area (Å²) in [4.78, 5) is 15.2.